The molecule has 1 atom stereocenters. The van der Waals surface area contributed by atoms with Crippen LogP contribution in [0.1, 0.15) is 51.1 Å². The Bertz CT molecular complexity index is 381. The molecule has 0 fully saturated rings. The Balaban J connectivity index is 2.33. The quantitative estimate of drug-likeness (QED) is 0.531. The van der Waals surface area contributed by atoms with E-state index in [1.165, 1.54) is 16.9 Å². The van der Waals surface area contributed by atoms with Gasteiger partial charge in [0.15, 0.2) is 0 Å². The lowest BCUT2D eigenvalue weighted by Crippen LogP contribution is -2.19. The summed E-state index contributed by atoms with van der Waals surface area (Å²) in [5.41, 5.74) is 1.35. The van der Waals surface area contributed by atoms with Gasteiger partial charge < -0.3 is 5.32 Å². The summed E-state index contributed by atoms with van der Waals surface area (Å²) in [5, 5.41) is 12.0. The second-order valence-electron chi connectivity index (χ2n) is 4.71. The minimum atomic E-state index is 0.426. The maximum atomic E-state index is 8.46. The first-order valence-corrected chi connectivity index (χ1v) is 8.09. The first-order valence-electron chi connectivity index (χ1n) is 7.11. The number of nitrogens with one attached hydrogen (secondary N) is 1. The average molecular weight is 276 g/mol. The van der Waals surface area contributed by atoms with Crippen molar-refractivity contribution in [3.05, 3.63) is 29.8 Å². The predicted octanol–water partition coefficient (Wildman–Crippen LogP) is 4.53. The fourth-order valence-electron chi connectivity index (χ4n) is 1.83. The van der Waals surface area contributed by atoms with Crippen LogP contribution in [0.2, 0.25) is 0 Å². The molecular formula is C16H24N2S. The van der Waals surface area contributed by atoms with E-state index < -0.39 is 0 Å². The SMILES string of the molecule is CCCNC(C)c1ccc(SCCCCC#N)cc1. The Morgan fingerprint density at radius 1 is 1.26 bits per heavy atom. The average Bonchev–Trinajstić information content (AvgIpc) is 2.45. The third kappa shape index (κ3) is 6.66. The van der Waals surface area contributed by atoms with E-state index in [0.29, 0.717) is 12.5 Å². The van der Waals surface area contributed by atoms with Crippen molar-refractivity contribution in [3.63, 3.8) is 0 Å². The van der Waals surface area contributed by atoms with Crippen LogP contribution in [0, 0.1) is 11.3 Å². The summed E-state index contributed by atoms with van der Waals surface area (Å²) in [5.74, 6) is 1.10. The van der Waals surface area contributed by atoms with Crippen LogP contribution in [-0.2, 0) is 0 Å². The van der Waals surface area contributed by atoms with Gasteiger partial charge in [-0.2, -0.15) is 5.26 Å². The van der Waals surface area contributed by atoms with E-state index in [4.69, 9.17) is 5.26 Å². The van der Waals surface area contributed by atoms with Gasteiger partial charge in [0, 0.05) is 17.4 Å². The minimum Gasteiger partial charge on any atom is -0.310 e. The Morgan fingerprint density at radius 3 is 2.63 bits per heavy atom. The number of benzene rings is 1. The van der Waals surface area contributed by atoms with Crippen LogP contribution < -0.4 is 5.32 Å². The second kappa shape index (κ2) is 9.89. The van der Waals surface area contributed by atoms with Crippen LogP contribution >= 0.6 is 11.8 Å². The summed E-state index contributed by atoms with van der Waals surface area (Å²) in [4.78, 5) is 1.32. The third-order valence-electron chi connectivity index (χ3n) is 3.03. The molecule has 2 nitrogen and oxygen atoms in total. The van der Waals surface area contributed by atoms with Gasteiger partial charge in [-0.05, 0) is 56.2 Å². The van der Waals surface area contributed by atoms with Crippen molar-refractivity contribution in [2.24, 2.45) is 0 Å². The van der Waals surface area contributed by atoms with E-state index in [1.54, 1.807) is 0 Å². The highest BCUT2D eigenvalue weighted by molar-refractivity contribution is 7.99. The van der Waals surface area contributed by atoms with E-state index in [2.05, 4.69) is 49.5 Å². The van der Waals surface area contributed by atoms with Crippen LogP contribution in [0.5, 0.6) is 0 Å². The maximum Gasteiger partial charge on any atom is 0.0621 e. The molecule has 0 saturated heterocycles. The van der Waals surface area contributed by atoms with Gasteiger partial charge in [0.05, 0.1) is 6.07 Å². The van der Waals surface area contributed by atoms with E-state index in [-0.39, 0.29) is 0 Å². The Labute approximate surface area is 121 Å². The predicted molar refractivity (Wildman–Crippen MR) is 83.3 cm³/mol. The lowest BCUT2D eigenvalue weighted by molar-refractivity contribution is 0.570. The first-order chi connectivity index (χ1) is 9.27. The lowest BCUT2D eigenvalue weighted by Gasteiger charge is -2.14. The molecule has 0 aliphatic heterocycles. The molecule has 0 bridgehead atoms. The molecule has 19 heavy (non-hydrogen) atoms. The number of nitriles is 1. The van der Waals surface area contributed by atoms with E-state index >= 15 is 0 Å². The first kappa shape index (κ1) is 16.1. The molecule has 3 heteroatoms. The highest BCUT2D eigenvalue weighted by atomic mass is 32.2. The molecule has 0 amide bonds. The molecule has 0 saturated carbocycles. The lowest BCUT2D eigenvalue weighted by atomic mass is 10.1. The Hall–Kier alpha value is -0.980. The smallest absolute Gasteiger partial charge is 0.0621 e. The summed E-state index contributed by atoms with van der Waals surface area (Å²) in [6.07, 6.45) is 3.98. The number of thioether (sulfide) groups is 1. The van der Waals surface area contributed by atoms with Gasteiger partial charge >= 0.3 is 0 Å². The molecule has 0 radical (unpaired) electrons. The molecular weight excluding hydrogens is 252 g/mol. The van der Waals surface area contributed by atoms with Crippen molar-refractivity contribution in [2.75, 3.05) is 12.3 Å². The molecule has 1 unspecified atom stereocenters. The van der Waals surface area contributed by atoms with Crippen molar-refractivity contribution in [1.29, 1.82) is 5.26 Å². The number of rotatable bonds is 9. The topological polar surface area (TPSA) is 35.8 Å². The summed E-state index contributed by atoms with van der Waals surface area (Å²) in [7, 11) is 0. The van der Waals surface area contributed by atoms with Gasteiger partial charge in [0.2, 0.25) is 0 Å². The van der Waals surface area contributed by atoms with Crippen molar-refractivity contribution in [1.82, 2.24) is 5.32 Å². The van der Waals surface area contributed by atoms with Crippen molar-refractivity contribution >= 4 is 11.8 Å². The summed E-state index contributed by atoms with van der Waals surface area (Å²) in [6, 6.07) is 11.4. The number of unbranched alkanes of at least 4 members (excludes halogenated alkanes) is 2. The molecule has 1 N–H and O–H groups in total. The fourth-order valence-corrected chi connectivity index (χ4v) is 2.74. The molecule has 0 aromatic heterocycles. The molecule has 0 spiro atoms. The van der Waals surface area contributed by atoms with Crippen LogP contribution in [0.4, 0.5) is 0 Å². The van der Waals surface area contributed by atoms with Crippen molar-refractivity contribution in [2.45, 2.75) is 50.5 Å². The highest BCUT2D eigenvalue weighted by Crippen LogP contribution is 2.22. The van der Waals surface area contributed by atoms with Gasteiger partial charge in [-0.3, -0.25) is 0 Å². The second-order valence-corrected chi connectivity index (χ2v) is 5.88. The molecule has 104 valence electrons. The van der Waals surface area contributed by atoms with Gasteiger partial charge in [-0.25, -0.2) is 0 Å². The normalized spacial score (nSPS) is 12.1. The van der Waals surface area contributed by atoms with Gasteiger partial charge in [-0.15, -0.1) is 11.8 Å². The zero-order valence-corrected chi connectivity index (χ0v) is 12.8. The van der Waals surface area contributed by atoms with Gasteiger partial charge in [-0.1, -0.05) is 19.1 Å². The molecule has 0 aliphatic carbocycles. The zero-order chi connectivity index (χ0) is 13.9. The molecule has 0 heterocycles. The number of hydrogen-bond donors (Lipinski definition) is 1. The van der Waals surface area contributed by atoms with Gasteiger partial charge in [0.1, 0.15) is 0 Å². The highest BCUT2D eigenvalue weighted by Gasteiger charge is 2.03. The zero-order valence-electron chi connectivity index (χ0n) is 12.0. The van der Waals surface area contributed by atoms with Gasteiger partial charge in [0.25, 0.3) is 0 Å². The number of hydrogen-bond acceptors (Lipinski definition) is 3. The molecule has 1 aromatic carbocycles. The third-order valence-corrected chi connectivity index (χ3v) is 4.13. The van der Waals surface area contributed by atoms with Crippen LogP contribution in [0.15, 0.2) is 29.2 Å². The standard InChI is InChI=1S/C16H24N2S/c1-3-12-18-14(2)15-7-9-16(10-8-15)19-13-6-4-5-11-17/h7-10,14,18H,3-6,12-13H2,1-2H3. The Morgan fingerprint density at radius 2 is 2.00 bits per heavy atom. The van der Waals surface area contributed by atoms with Crippen LogP contribution in [0.25, 0.3) is 0 Å². The summed E-state index contributed by atoms with van der Waals surface area (Å²) in [6.45, 7) is 5.46. The maximum absolute atomic E-state index is 8.46. The van der Waals surface area contributed by atoms with E-state index in [0.717, 1.165) is 25.1 Å². The Kier molecular flexibility index (Phi) is 8.36. The van der Waals surface area contributed by atoms with Crippen LogP contribution in [0.3, 0.4) is 0 Å². The van der Waals surface area contributed by atoms with E-state index in [9.17, 15) is 0 Å². The summed E-state index contributed by atoms with van der Waals surface area (Å²) < 4.78 is 0. The monoisotopic (exact) mass is 276 g/mol. The number of nitrogens with zero attached hydrogens (tertiary/aromatic N) is 1. The minimum absolute atomic E-state index is 0.426. The van der Waals surface area contributed by atoms with Crippen LogP contribution in [-0.4, -0.2) is 12.3 Å². The molecule has 0 aliphatic rings. The fraction of sp³-hybridized carbons (Fsp3) is 0.562. The largest absolute Gasteiger partial charge is 0.310 e. The molecule has 1 aromatic rings. The summed E-state index contributed by atoms with van der Waals surface area (Å²) >= 11 is 1.88. The molecule has 1 rings (SSSR count). The van der Waals surface area contributed by atoms with Crippen molar-refractivity contribution < 1.29 is 0 Å². The van der Waals surface area contributed by atoms with E-state index in [1.807, 2.05) is 11.8 Å². The van der Waals surface area contributed by atoms with Crippen molar-refractivity contribution in [3.8, 4) is 6.07 Å².